The van der Waals surface area contributed by atoms with E-state index >= 15 is 0 Å². The maximum atomic E-state index is 11.5. The van der Waals surface area contributed by atoms with Crippen LogP contribution in [-0.4, -0.2) is 43.7 Å². The van der Waals surface area contributed by atoms with Crippen LogP contribution in [0.4, 0.5) is 0 Å². The number of likely N-dealkylation sites (N-methyl/N-ethyl adjacent to an activating group) is 1. The molecule has 1 fully saturated rings. The smallest absolute Gasteiger partial charge is 0.251 e. The second-order valence-electron chi connectivity index (χ2n) is 4.43. The lowest BCUT2D eigenvalue weighted by molar-refractivity contribution is -0.126. The number of nitrogens with two attached hydrogens (primary N) is 1. The number of carbonyl (C=O) groups excluding carboxylic acids is 1. The van der Waals surface area contributed by atoms with Gasteiger partial charge >= 0.3 is 0 Å². The van der Waals surface area contributed by atoms with Gasteiger partial charge in [0.05, 0.1) is 6.04 Å². The molecule has 0 aliphatic carbocycles. The number of ether oxygens (including phenoxy) is 1. The second kappa shape index (κ2) is 6.83. The Hall–Kier alpha value is -0.650. The van der Waals surface area contributed by atoms with Gasteiger partial charge in [0.15, 0.2) is 0 Å². The summed E-state index contributed by atoms with van der Waals surface area (Å²) in [5, 5.41) is 0. The molecule has 16 heavy (non-hydrogen) atoms. The number of carbonyl (C=O) groups is 1. The first-order valence-corrected chi connectivity index (χ1v) is 5.97. The van der Waals surface area contributed by atoms with Crippen LogP contribution in [0.5, 0.6) is 0 Å². The highest BCUT2D eigenvalue weighted by Crippen LogP contribution is 2.17. The molecule has 1 unspecified atom stereocenters. The van der Waals surface area contributed by atoms with E-state index in [1.165, 1.54) is 0 Å². The normalized spacial score (nSPS) is 19.8. The first kappa shape index (κ1) is 13.4. The van der Waals surface area contributed by atoms with Crippen LogP contribution in [0.25, 0.3) is 0 Å². The minimum Gasteiger partial charge on any atom is -0.381 e. The monoisotopic (exact) mass is 229 g/mol. The van der Waals surface area contributed by atoms with Crippen LogP contribution in [0.15, 0.2) is 0 Å². The molecule has 0 aromatic carbocycles. The Morgan fingerprint density at radius 1 is 1.56 bits per heavy atom. The summed E-state index contributed by atoms with van der Waals surface area (Å²) in [6.45, 7) is 4.63. The SMILES string of the molecule is CCC(C(=O)NN)N(C)CC1CCOCC1. The average molecular weight is 229 g/mol. The molecule has 1 rings (SSSR count). The minimum atomic E-state index is -0.118. The fraction of sp³-hybridized carbons (Fsp3) is 0.909. The highest BCUT2D eigenvalue weighted by molar-refractivity contribution is 5.80. The van der Waals surface area contributed by atoms with Gasteiger partial charge in [-0.05, 0) is 32.2 Å². The molecule has 1 atom stereocenters. The fourth-order valence-electron chi connectivity index (χ4n) is 2.26. The lowest BCUT2D eigenvalue weighted by Gasteiger charge is -2.31. The molecule has 1 amide bonds. The van der Waals surface area contributed by atoms with Gasteiger partial charge in [0.1, 0.15) is 0 Å². The van der Waals surface area contributed by atoms with Crippen LogP contribution in [-0.2, 0) is 9.53 Å². The third kappa shape index (κ3) is 3.73. The van der Waals surface area contributed by atoms with E-state index in [4.69, 9.17) is 10.6 Å². The molecule has 0 aromatic rings. The molecular formula is C11H23N3O2. The minimum absolute atomic E-state index is 0.0999. The van der Waals surface area contributed by atoms with Crippen LogP contribution in [0.3, 0.4) is 0 Å². The van der Waals surface area contributed by atoms with Gasteiger partial charge < -0.3 is 4.74 Å². The maximum absolute atomic E-state index is 11.5. The number of hydrazine groups is 1. The predicted molar refractivity (Wildman–Crippen MR) is 62.6 cm³/mol. The summed E-state index contributed by atoms with van der Waals surface area (Å²) in [5.41, 5.74) is 2.23. The van der Waals surface area contributed by atoms with Crippen molar-refractivity contribution in [2.45, 2.75) is 32.2 Å². The van der Waals surface area contributed by atoms with E-state index in [0.29, 0.717) is 5.92 Å². The highest BCUT2D eigenvalue weighted by Gasteiger charge is 2.24. The quantitative estimate of drug-likeness (QED) is 0.399. The standard InChI is InChI=1S/C11H23N3O2/c1-3-10(11(15)13-12)14(2)8-9-4-6-16-7-5-9/h9-10H,3-8,12H2,1-2H3,(H,13,15). The topological polar surface area (TPSA) is 67.6 Å². The van der Waals surface area contributed by atoms with Crippen molar-refractivity contribution in [1.82, 2.24) is 10.3 Å². The summed E-state index contributed by atoms with van der Waals surface area (Å²) in [6.07, 6.45) is 2.96. The molecule has 0 bridgehead atoms. The molecule has 1 aliphatic rings. The van der Waals surface area contributed by atoms with Crippen molar-refractivity contribution in [2.24, 2.45) is 11.8 Å². The third-order valence-electron chi connectivity index (χ3n) is 3.25. The summed E-state index contributed by atoms with van der Waals surface area (Å²) in [6, 6.07) is -0.118. The van der Waals surface area contributed by atoms with Crippen molar-refractivity contribution in [3.8, 4) is 0 Å². The zero-order valence-electron chi connectivity index (χ0n) is 10.2. The first-order chi connectivity index (χ1) is 7.69. The Balaban J connectivity index is 2.41. The zero-order chi connectivity index (χ0) is 12.0. The molecule has 94 valence electrons. The molecule has 0 saturated carbocycles. The number of rotatable bonds is 5. The van der Waals surface area contributed by atoms with Gasteiger partial charge in [0.25, 0.3) is 5.91 Å². The van der Waals surface area contributed by atoms with E-state index in [2.05, 4.69) is 10.3 Å². The number of hydrogen-bond donors (Lipinski definition) is 2. The average Bonchev–Trinajstić information content (AvgIpc) is 2.31. The summed E-state index contributed by atoms with van der Waals surface area (Å²) < 4.78 is 5.32. The zero-order valence-corrected chi connectivity index (χ0v) is 10.2. The van der Waals surface area contributed by atoms with E-state index in [-0.39, 0.29) is 11.9 Å². The van der Waals surface area contributed by atoms with E-state index in [0.717, 1.165) is 39.0 Å². The number of hydrogen-bond acceptors (Lipinski definition) is 4. The predicted octanol–water partition coefficient (Wildman–Crippen LogP) is 0.113. The Morgan fingerprint density at radius 3 is 2.69 bits per heavy atom. The number of nitrogens with one attached hydrogen (secondary N) is 1. The third-order valence-corrected chi connectivity index (χ3v) is 3.25. The van der Waals surface area contributed by atoms with Gasteiger partial charge in [-0.2, -0.15) is 0 Å². The van der Waals surface area contributed by atoms with Crippen molar-refractivity contribution in [2.75, 3.05) is 26.8 Å². The van der Waals surface area contributed by atoms with Gasteiger partial charge in [-0.1, -0.05) is 6.92 Å². The van der Waals surface area contributed by atoms with E-state index in [1.54, 1.807) is 0 Å². The van der Waals surface area contributed by atoms with Gasteiger partial charge in [0, 0.05) is 19.8 Å². The maximum Gasteiger partial charge on any atom is 0.251 e. The molecule has 5 heteroatoms. The number of amides is 1. The molecular weight excluding hydrogens is 206 g/mol. The van der Waals surface area contributed by atoms with Gasteiger partial charge in [-0.25, -0.2) is 5.84 Å². The van der Waals surface area contributed by atoms with Gasteiger partial charge in [-0.15, -0.1) is 0 Å². The largest absolute Gasteiger partial charge is 0.381 e. The van der Waals surface area contributed by atoms with Crippen LogP contribution < -0.4 is 11.3 Å². The Labute approximate surface area is 97.3 Å². The molecule has 1 saturated heterocycles. The van der Waals surface area contributed by atoms with Crippen molar-refractivity contribution in [1.29, 1.82) is 0 Å². The van der Waals surface area contributed by atoms with Crippen molar-refractivity contribution in [3.05, 3.63) is 0 Å². The molecule has 0 spiro atoms. The summed E-state index contributed by atoms with van der Waals surface area (Å²) >= 11 is 0. The van der Waals surface area contributed by atoms with Crippen LogP contribution >= 0.6 is 0 Å². The summed E-state index contributed by atoms with van der Waals surface area (Å²) in [4.78, 5) is 13.6. The van der Waals surface area contributed by atoms with E-state index in [9.17, 15) is 4.79 Å². The number of nitrogens with zero attached hydrogens (tertiary/aromatic N) is 1. The van der Waals surface area contributed by atoms with Crippen LogP contribution in [0, 0.1) is 5.92 Å². The molecule has 0 aromatic heterocycles. The Bertz CT molecular complexity index is 217. The van der Waals surface area contributed by atoms with E-state index < -0.39 is 0 Å². The first-order valence-electron chi connectivity index (χ1n) is 5.97. The lowest BCUT2D eigenvalue weighted by Crippen LogP contribution is -2.48. The van der Waals surface area contributed by atoms with Gasteiger partial charge in [-0.3, -0.25) is 15.1 Å². The van der Waals surface area contributed by atoms with Gasteiger partial charge in [0.2, 0.25) is 0 Å². The summed E-state index contributed by atoms with van der Waals surface area (Å²) in [7, 11) is 1.98. The van der Waals surface area contributed by atoms with Crippen molar-refractivity contribution in [3.63, 3.8) is 0 Å². The van der Waals surface area contributed by atoms with Crippen molar-refractivity contribution < 1.29 is 9.53 Å². The molecule has 3 N–H and O–H groups in total. The molecule has 5 nitrogen and oxygen atoms in total. The lowest BCUT2D eigenvalue weighted by atomic mass is 9.99. The molecule has 0 radical (unpaired) electrons. The Kier molecular flexibility index (Phi) is 5.73. The van der Waals surface area contributed by atoms with Crippen LogP contribution in [0.1, 0.15) is 26.2 Å². The molecule has 1 aliphatic heterocycles. The van der Waals surface area contributed by atoms with Crippen LogP contribution in [0.2, 0.25) is 0 Å². The summed E-state index contributed by atoms with van der Waals surface area (Å²) in [5.74, 6) is 5.71. The fourth-order valence-corrected chi connectivity index (χ4v) is 2.26. The second-order valence-corrected chi connectivity index (χ2v) is 4.43. The Morgan fingerprint density at radius 2 is 2.19 bits per heavy atom. The highest BCUT2D eigenvalue weighted by atomic mass is 16.5. The molecule has 1 heterocycles. The van der Waals surface area contributed by atoms with Crippen molar-refractivity contribution >= 4 is 5.91 Å². The van der Waals surface area contributed by atoms with E-state index in [1.807, 2.05) is 14.0 Å².